The predicted molar refractivity (Wildman–Crippen MR) is 87.6 cm³/mol. The molecule has 0 radical (unpaired) electrons. The van der Waals surface area contributed by atoms with Gasteiger partial charge in [0.2, 0.25) is 5.91 Å². The second-order valence-electron chi connectivity index (χ2n) is 5.86. The van der Waals surface area contributed by atoms with Crippen molar-refractivity contribution in [2.75, 3.05) is 45.9 Å². The van der Waals surface area contributed by atoms with Crippen LogP contribution in [0.15, 0.2) is 30.3 Å². The van der Waals surface area contributed by atoms with Gasteiger partial charge in [0.25, 0.3) is 0 Å². The van der Waals surface area contributed by atoms with E-state index in [0.29, 0.717) is 6.42 Å². The Labute approximate surface area is 132 Å². The van der Waals surface area contributed by atoms with Gasteiger partial charge in [0.1, 0.15) is 0 Å². The fourth-order valence-electron chi connectivity index (χ4n) is 2.78. The molecular formula is C17H27N3O2. The Morgan fingerprint density at radius 3 is 2.32 bits per heavy atom. The summed E-state index contributed by atoms with van der Waals surface area (Å²) in [5.41, 5.74) is 1.13. The number of nitrogens with zero attached hydrogens (tertiary/aromatic N) is 2. The number of hydrogen-bond acceptors (Lipinski definition) is 4. The first-order valence-corrected chi connectivity index (χ1v) is 8.09. The third kappa shape index (κ3) is 5.40. The number of rotatable bonds is 7. The molecular weight excluding hydrogens is 278 g/mol. The fraction of sp³-hybridized carbons (Fsp3) is 0.588. The molecule has 1 atom stereocenters. The van der Waals surface area contributed by atoms with Crippen LogP contribution in [0.1, 0.15) is 24.9 Å². The Morgan fingerprint density at radius 1 is 1.14 bits per heavy atom. The molecule has 2 N–H and O–H groups in total. The molecule has 1 unspecified atom stereocenters. The van der Waals surface area contributed by atoms with Crippen LogP contribution in [0.5, 0.6) is 0 Å². The molecule has 0 aliphatic carbocycles. The summed E-state index contributed by atoms with van der Waals surface area (Å²) in [6.45, 7) is 7.69. The van der Waals surface area contributed by atoms with Crippen LogP contribution in [-0.4, -0.2) is 66.7 Å². The zero-order valence-electron chi connectivity index (χ0n) is 13.4. The van der Waals surface area contributed by atoms with Crippen LogP contribution in [0.25, 0.3) is 0 Å². The minimum atomic E-state index is 0.0510. The van der Waals surface area contributed by atoms with E-state index in [1.807, 2.05) is 37.3 Å². The SMILES string of the molecule is CC(NC(=O)CCN1CCN(CCO)CC1)c1ccccc1. The average Bonchev–Trinajstić information content (AvgIpc) is 2.55. The number of benzene rings is 1. The molecule has 122 valence electrons. The van der Waals surface area contributed by atoms with Crippen molar-refractivity contribution in [1.82, 2.24) is 15.1 Å². The molecule has 22 heavy (non-hydrogen) atoms. The number of aliphatic hydroxyl groups excluding tert-OH is 1. The van der Waals surface area contributed by atoms with Crippen LogP contribution < -0.4 is 5.32 Å². The molecule has 1 amide bonds. The van der Waals surface area contributed by atoms with Crippen molar-refractivity contribution < 1.29 is 9.90 Å². The van der Waals surface area contributed by atoms with Crippen LogP contribution in [0.2, 0.25) is 0 Å². The molecule has 1 saturated heterocycles. The van der Waals surface area contributed by atoms with Crippen LogP contribution in [0.3, 0.4) is 0 Å². The highest BCUT2D eigenvalue weighted by atomic mass is 16.3. The minimum absolute atomic E-state index is 0.0510. The number of β-amino-alcohol motifs (C(OH)–C–C–N with tert-alkyl or cyclic N) is 1. The first-order chi connectivity index (χ1) is 10.7. The number of carbonyl (C=O) groups excluding carboxylic acids is 1. The molecule has 5 nitrogen and oxygen atoms in total. The maximum atomic E-state index is 12.1. The van der Waals surface area contributed by atoms with Gasteiger partial charge in [0.05, 0.1) is 12.6 Å². The van der Waals surface area contributed by atoms with Gasteiger partial charge in [-0.15, -0.1) is 0 Å². The van der Waals surface area contributed by atoms with Gasteiger partial charge in [-0.25, -0.2) is 0 Å². The summed E-state index contributed by atoms with van der Waals surface area (Å²) in [4.78, 5) is 16.6. The normalized spacial score (nSPS) is 18.1. The number of hydrogen-bond donors (Lipinski definition) is 2. The first kappa shape index (κ1) is 16.9. The quantitative estimate of drug-likeness (QED) is 0.785. The Kier molecular flexibility index (Phi) is 6.83. The van der Waals surface area contributed by atoms with Crippen LogP contribution >= 0.6 is 0 Å². The van der Waals surface area contributed by atoms with Gasteiger partial charge in [0.15, 0.2) is 0 Å². The zero-order valence-corrected chi connectivity index (χ0v) is 13.4. The zero-order chi connectivity index (χ0) is 15.8. The molecule has 0 saturated carbocycles. The maximum Gasteiger partial charge on any atom is 0.221 e. The number of carbonyl (C=O) groups is 1. The van der Waals surface area contributed by atoms with Crippen molar-refractivity contribution >= 4 is 5.91 Å². The Bertz CT molecular complexity index is 444. The highest BCUT2D eigenvalue weighted by Gasteiger charge is 2.17. The first-order valence-electron chi connectivity index (χ1n) is 8.09. The highest BCUT2D eigenvalue weighted by molar-refractivity contribution is 5.76. The molecule has 1 heterocycles. The van der Waals surface area contributed by atoms with E-state index in [2.05, 4.69) is 15.1 Å². The summed E-state index contributed by atoms with van der Waals surface area (Å²) in [5.74, 6) is 0.106. The third-order valence-electron chi connectivity index (χ3n) is 4.21. The van der Waals surface area contributed by atoms with Gasteiger partial charge in [0, 0.05) is 45.7 Å². The monoisotopic (exact) mass is 305 g/mol. The summed E-state index contributed by atoms with van der Waals surface area (Å²) in [5, 5.41) is 12.0. The largest absolute Gasteiger partial charge is 0.395 e. The number of amides is 1. The van der Waals surface area contributed by atoms with E-state index in [-0.39, 0.29) is 18.6 Å². The lowest BCUT2D eigenvalue weighted by atomic mass is 10.1. The van der Waals surface area contributed by atoms with Gasteiger partial charge in [-0.05, 0) is 12.5 Å². The summed E-state index contributed by atoms with van der Waals surface area (Å²) in [7, 11) is 0. The Morgan fingerprint density at radius 2 is 1.73 bits per heavy atom. The molecule has 0 spiro atoms. The van der Waals surface area contributed by atoms with E-state index >= 15 is 0 Å². The van der Waals surface area contributed by atoms with Crippen LogP contribution in [0, 0.1) is 0 Å². The van der Waals surface area contributed by atoms with Crippen LogP contribution in [-0.2, 0) is 4.79 Å². The van der Waals surface area contributed by atoms with Crippen molar-refractivity contribution in [1.29, 1.82) is 0 Å². The van der Waals surface area contributed by atoms with E-state index in [9.17, 15) is 4.79 Å². The van der Waals surface area contributed by atoms with E-state index in [1.54, 1.807) is 0 Å². The summed E-state index contributed by atoms with van der Waals surface area (Å²) in [6.07, 6.45) is 0.539. The van der Waals surface area contributed by atoms with Crippen molar-refractivity contribution in [3.8, 4) is 0 Å². The number of nitrogens with one attached hydrogen (secondary N) is 1. The average molecular weight is 305 g/mol. The second kappa shape index (κ2) is 8.88. The summed E-state index contributed by atoms with van der Waals surface area (Å²) in [6, 6.07) is 10.1. The van der Waals surface area contributed by atoms with Gasteiger partial charge >= 0.3 is 0 Å². The molecule has 2 rings (SSSR count). The lowest BCUT2D eigenvalue weighted by molar-refractivity contribution is -0.122. The molecule has 1 aliphatic heterocycles. The lowest BCUT2D eigenvalue weighted by Gasteiger charge is -2.34. The molecule has 1 aromatic carbocycles. The third-order valence-corrected chi connectivity index (χ3v) is 4.21. The van der Waals surface area contributed by atoms with Crippen molar-refractivity contribution in [2.45, 2.75) is 19.4 Å². The molecule has 1 fully saturated rings. The number of piperazine rings is 1. The van der Waals surface area contributed by atoms with E-state index in [0.717, 1.165) is 44.8 Å². The Balaban J connectivity index is 1.66. The van der Waals surface area contributed by atoms with Gasteiger partial charge < -0.3 is 15.3 Å². The molecule has 1 aliphatic rings. The van der Waals surface area contributed by atoms with Gasteiger partial charge in [-0.1, -0.05) is 30.3 Å². The molecule has 5 heteroatoms. The van der Waals surface area contributed by atoms with Crippen molar-refractivity contribution in [3.63, 3.8) is 0 Å². The van der Waals surface area contributed by atoms with Crippen molar-refractivity contribution in [3.05, 3.63) is 35.9 Å². The summed E-state index contributed by atoms with van der Waals surface area (Å²) >= 11 is 0. The topological polar surface area (TPSA) is 55.8 Å². The minimum Gasteiger partial charge on any atom is -0.395 e. The fourth-order valence-corrected chi connectivity index (χ4v) is 2.78. The standard InChI is InChI=1S/C17H27N3O2/c1-15(16-5-3-2-4-6-16)18-17(22)7-8-19-9-11-20(12-10-19)13-14-21/h2-6,15,21H,7-14H2,1H3,(H,18,22). The van der Waals surface area contributed by atoms with E-state index in [4.69, 9.17) is 5.11 Å². The molecule has 0 bridgehead atoms. The van der Waals surface area contributed by atoms with Crippen molar-refractivity contribution in [2.24, 2.45) is 0 Å². The van der Waals surface area contributed by atoms with Gasteiger partial charge in [-0.2, -0.15) is 0 Å². The predicted octanol–water partition coefficient (Wildman–Crippen LogP) is 0.864. The van der Waals surface area contributed by atoms with E-state index < -0.39 is 0 Å². The van der Waals surface area contributed by atoms with Crippen LogP contribution in [0.4, 0.5) is 0 Å². The second-order valence-corrected chi connectivity index (χ2v) is 5.86. The summed E-state index contributed by atoms with van der Waals surface area (Å²) < 4.78 is 0. The molecule has 1 aromatic rings. The number of aliphatic hydroxyl groups is 1. The smallest absolute Gasteiger partial charge is 0.221 e. The Hall–Kier alpha value is -1.43. The highest BCUT2D eigenvalue weighted by Crippen LogP contribution is 2.11. The molecule has 0 aromatic heterocycles. The van der Waals surface area contributed by atoms with Gasteiger partial charge in [-0.3, -0.25) is 9.69 Å². The lowest BCUT2D eigenvalue weighted by Crippen LogP contribution is -2.47. The maximum absolute atomic E-state index is 12.1. The van der Waals surface area contributed by atoms with E-state index in [1.165, 1.54) is 0 Å².